The molecule has 0 saturated heterocycles. The van der Waals surface area contributed by atoms with Crippen LogP contribution in [0.1, 0.15) is 19.8 Å². The van der Waals surface area contributed by atoms with E-state index in [1.807, 2.05) is 6.92 Å². The van der Waals surface area contributed by atoms with E-state index in [-0.39, 0.29) is 11.9 Å². The Labute approximate surface area is 69.1 Å². The van der Waals surface area contributed by atoms with Crippen LogP contribution in [0.15, 0.2) is 11.3 Å². The van der Waals surface area contributed by atoms with Crippen molar-refractivity contribution >= 4 is 11.9 Å². The first-order chi connectivity index (χ1) is 5.68. The van der Waals surface area contributed by atoms with Crippen molar-refractivity contribution in [2.75, 3.05) is 0 Å². The summed E-state index contributed by atoms with van der Waals surface area (Å²) in [6.45, 7) is 1.86. The molecule has 0 aromatic carbocycles. The Balaban J connectivity index is 2.35. The molecule has 12 heavy (non-hydrogen) atoms. The molecule has 0 N–H and O–H groups in total. The molecule has 0 aliphatic carbocycles. The Morgan fingerprint density at radius 3 is 2.83 bits per heavy atom. The molecule has 0 radical (unpaired) electrons. The van der Waals surface area contributed by atoms with Crippen molar-refractivity contribution in [3.8, 4) is 0 Å². The molecule has 1 unspecified atom stereocenters. The molecule has 4 heteroatoms. The quantitative estimate of drug-likeness (QED) is 0.391. The Bertz CT molecular complexity index is 289. The molecule has 64 valence electrons. The molecule has 0 amide bonds. The molecule has 1 atom stereocenters. The molecular formula is C8H8O4. The standard InChI is InChI=1S/C8H8O4/c1-4-2-3-5-6(11-4)8(10)12-7(5)9/h4H,2-3H2,1H3. The predicted octanol–water partition coefficient (Wildman–Crippen LogP) is 0.523. The topological polar surface area (TPSA) is 52.6 Å². The largest absolute Gasteiger partial charge is 0.483 e. The fraction of sp³-hybridized carbons (Fsp3) is 0.500. The van der Waals surface area contributed by atoms with Crippen molar-refractivity contribution in [2.24, 2.45) is 0 Å². The average molecular weight is 168 g/mol. The third-order valence-corrected chi connectivity index (χ3v) is 2.01. The molecule has 0 bridgehead atoms. The van der Waals surface area contributed by atoms with Gasteiger partial charge < -0.3 is 9.47 Å². The number of esters is 2. The van der Waals surface area contributed by atoms with Gasteiger partial charge in [-0.1, -0.05) is 0 Å². The first kappa shape index (κ1) is 7.34. The van der Waals surface area contributed by atoms with Crippen LogP contribution in [0.4, 0.5) is 0 Å². The van der Waals surface area contributed by atoms with Crippen LogP contribution in [0.3, 0.4) is 0 Å². The highest BCUT2D eigenvalue weighted by molar-refractivity contribution is 6.11. The van der Waals surface area contributed by atoms with Gasteiger partial charge in [0.25, 0.3) is 0 Å². The lowest BCUT2D eigenvalue weighted by atomic mass is 10.0. The first-order valence-electron chi connectivity index (χ1n) is 3.85. The van der Waals surface area contributed by atoms with Crippen LogP contribution in [0.5, 0.6) is 0 Å². The maximum atomic E-state index is 10.9. The van der Waals surface area contributed by atoms with Crippen LogP contribution >= 0.6 is 0 Å². The van der Waals surface area contributed by atoms with Gasteiger partial charge in [-0.15, -0.1) is 0 Å². The normalized spacial score (nSPS) is 28.2. The van der Waals surface area contributed by atoms with Crippen molar-refractivity contribution in [1.29, 1.82) is 0 Å². The van der Waals surface area contributed by atoms with E-state index >= 15 is 0 Å². The number of rotatable bonds is 0. The van der Waals surface area contributed by atoms with Gasteiger partial charge in [0.15, 0.2) is 0 Å². The van der Waals surface area contributed by atoms with Crippen molar-refractivity contribution in [1.82, 2.24) is 0 Å². The predicted molar refractivity (Wildman–Crippen MR) is 37.9 cm³/mol. The van der Waals surface area contributed by atoms with Crippen LogP contribution < -0.4 is 0 Å². The van der Waals surface area contributed by atoms with E-state index in [0.29, 0.717) is 12.0 Å². The summed E-state index contributed by atoms with van der Waals surface area (Å²) in [7, 11) is 0. The lowest BCUT2D eigenvalue weighted by Gasteiger charge is -2.18. The third kappa shape index (κ3) is 0.913. The number of cyclic esters (lactones) is 2. The van der Waals surface area contributed by atoms with Crippen molar-refractivity contribution in [3.63, 3.8) is 0 Å². The number of carbonyl (C=O) groups excluding carboxylic acids is 2. The summed E-state index contributed by atoms with van der Waals surface area (Å²) < 4.78 is 9.56. The van der Waals surface area contributed by atoms with Crippen LogP contribution in [-0.2, 0) is 19.1 Å². The molecular weight excluding hydrogens is 160 g/mol. The Morgan fingerprint density at radius 1 is 1.33 bits per heavy atom. The minimum atomic E-state index is -0.637. The maximum Gasteiger partial charge on any atom is 0.382 e. The van der Waals surface area contributed by atoms with E-state index < -0.39 is 11.9 Å². The van der Waals surface area contributed by atoms with Gasteiger partial charge in [-0.2, -0.15) is 0 Å². The molecule has 0 spiro atoms. The number of ether oxygens (including phenoxy) is 2. The second-order valence-corrected chi connectivity index (χ2v) is 2.95. The summed E-state index contributed by atoms with van der Waals surface area (Å²) in [4.78, 5) is 21.9. The molecule has 2 rings (SSSR count). The summed E-state index contributed by atoms with van der Waals surface area (Å²) in [5.74, 6) is -1.05. The lowest BCUT2D eigenvalue weighted by Crippen LogP contribution is -2.17. The SMILES string of the molecule is CC1CCC2=C(O1)C(=O)OC2=O. The summed E-state index contributed by atoms with van der Waals surface area (Å²) in [6, 6.07) is 0. The van der Waals surface area contributed by atoms with Gasteiger partial charge in [-0.05, 0) is 19.8 Å². The van der Waals surface area contributed by atoms with Gasteiger partial charge in [-0.25, -0.2) is 9.59 Å². The molecule has 2 aliphatic rings. The fourth-order valence-electron chi connectivity index (χ4n) is 1.35. The number of hydrogen-bond donors (Lipinski definition) is 0. The summed E-state index contributed by atoms with van der Waals surface area (Å²) >= 11 is 0. The lowest BCUT2D eigenvalue weighted by molar-refractivity contribution is -0.152. The molecule has 4 nitrogen and oxygen atoms in total. The van der Waals surface area contributed by atoms with E-state index in [4.69, 9.17) is 4.74 Å². The monoisotopic (exact) mass is 168 g/mol. The van der Waals surface area contributed by atoms with E-state index in [1.54, 1.807) is 0 Å². The van der Waals surface area contributed by atoms with Gasteiger partial charge in [0.2, 0.25) is 5.76 Å². The molecule has 0 fully saturated rings. The fourth-order valence-corrected chi connectivity index (χ4v) is 1.35. The second kappa shape index (κ2) is 2.33. The molecule has 0 saturated carbocycles. The van der Waals surface area contributed by atoms with Crippen LogP contribution in [-0.4, -0.2) is 18.0 Å². The van der Waals surface area contributed by atoms with E-state index in [0.717, 1.165) is 6.42 Å². The summed E-state index contributed by atoms with van der Waals surface area (Å²) in [5.41, 5.74) is 0.401. The second-order valence-electron chi connectivity index (χ2n) is 2.95. The smallest absolute Gasteiger partial charge is 0.382 e. The number of hydrogen-bond acceptors (Lipinski definition) is 4. The van der Waals surface area contributed by atoms with Crippen molar-refractivity contribution in [2.45, 2.75) is 25.9 Å². The van der Waals surface area contributed by atoms with Gasteiger partial charge in [-0.3, -0.25) is 0 Å². The van der Waals surface area contributed by atoms with Crippen LogP contribution in [0, 0.1) is 0 Å². The molecule has 2 heterocycles. The Morgan fingerprint density at radius 2 is 2.08 bits per heavy atom. The highest BCUT2D eigenvalue weighted by atomic mass is 16.6. The molecule has 0 aromatic rings. The first-order valence-corrected chi connectivity index (χ1v) is 3.85. The third-order valence-electron chi connectivity index (χ3n) is 2.01. The highest BCUT2D eigenvalue weighted by Gasteiger charge is 2.38. The zero-order valence-corrected chi connectivity index (χ0v) is 6.62. The van der Waals surface area contributed by atoms with Gasteiger partial charge in [0.05, 0.1) is 11.7 Å². The zero-order valence-electron chi connectivity index (χ0n) is 6.62. The molecule has 2 aliphatic heterocycles. The maximum absolute atomic E-state index is 10.9. The minimum absolute atomic E-state index is 0.00204. The van der Waals surface area contributed by atoms with E-state index in [1.165, 1.54) is 0 Å². The average Bonchev–Trinajstić information content (AvgIpc) is 2.28. The van der Waals surface area contributed by atoms with E-state index in [2.05, 4.69) is 4.74 Å². The van der Waals surface area contributed by atoms with Crippen molar-refractivity contribution in [3.05, 3.63) is 11.3 Å². The Hall–Kier alpha value is -1.32. The Kier molecular flexibility index (Phi) is 1.43. The van der Waals surface area contributed by atoms with Gasteiger partial charge >= 0.3 is 11.9 Å². The molecule has 0 aromatic heterocycles. The summed E-state index contributed by atoms with van der Waals surface area (Å²) in [5, 5.41) is 0. The van der Waals surface area contributed by atoms with Crippen molar-refractivity contribution < 1.29 is 19.1 Å². The minimum Gasteiger partial charge on any atom is -0.483 e. The van der Waals surface area contributed by atoms with Gasteiger partial charge in [0.1, 0.15) is 0 Å². The number of carbonyl (C=O) groups is 2. The van der Waals surface area contributed by atoms with Crippen LogP contribution in [0.25, 0.3) is 0 Å². The van der Waals surface area contributed by atoms with E-state index in [9.17, 15) is 9.59 Å². The summed E-state index contributed by atoms with van der Waals surface area (Å²) in [6.07, 6.45) is 1.35. The van der Waals surface area contributed by atoms with Crippen LogP contribution in [0.2, 0.25) is 0 Å². The zero-order chi connectivity index (χ0) is 8.72. The van der Waals surface area contributed by atoms with Gasteiger partial charge in [0, 0.05) is 0 Å². The highest BCUT2D eigenvalue weighted by Crippen LogP contribution is 2.29.